The van der Waals surface area contributed by atoms with Gasteiger partial charge in [0.25, 0.3) is 0 Å². The lowest BCUT2D eigenvalue weighted by atomic mass is 9.89. The van der Waals surface area contributed by atoms with Gasteiger partial charge in [0.15, 0.2) is 0 Å². The molecule has 2 rings (SSSR count). The van der Waals surface area contributed by atoms with Crippen LogP contribution in [0.3, 0.4) is 0 Å². The summed E-state index contributed by atoms with van der Waals surface area (Å²) in [7, 11) is 0. The minimum absolute atomic E-state index is 0.542. The smallest absolute Gasteiger partial charge is 0.0351 e. The summed E-state index contributed by atoms with van der Waals surface area (Å²) in [6.45, 7) is 5.48. The van der Waals surface area contributed by atoms with Crippen molar-refractivity contribution in [2.45, 2.75) is 45.6 Å². The highest BCUT2D eigenvalue weighted by molar-refractivity contribution is 9.10. The lowest BCUT2D eigenvalue weighted by Gasteiger charge is -2.26. The topological polar surface area (TPSA) is 12.0 Å². The summed E-state index contributed by atoms with van der Waals surface area (Å²) < 4.78 is 1.19. The first-order chi connectivity index (χ1) is 8.22. The largest absolute Gasteiger partial charge is 0.310 e. The highest BCUT2D eigenvalue weighted by Crippen LogP contribution is 2.37. The van der Waals surface area contributed by atoms with Crippen LogP contribution in [0, 0.1) is 12.8 Å². The maximum atomic E-state index is 3.69. The Hall–Kier alpha value is -0.340. The molecule has 1 nitrogen and oxygen atoms in total. The SMILES string of the molecule is CCNC(c1cc(Br)ccc1C)C1CCCC1. The molecular weight excluding hydrogens is 274 g/mol. The number of hydrogen-bond donors (Lipinski definition) is 1. The molecule has 1 aromatic carbocycles. The van der Waals surface area contributed by atoms with Gasteiger partial charge in [0.2, 0.25) is 0 Å². The average molecular weight is 296 g/mol. The number of benzene rings is 1. The molecular formula is C15H22BrN. The summed E-state index contributed by atoms with van der Waals surface area (Å²) >= 11 is 3.60. The van der Waals surface area contributed by atoms with Crippen LogP contribution in [0.2, 0.25) is 0 Å². The Morgan fingerprint density at radius 3 is 2.71 bits per heavy atom. The van der Waals surface area contributed by atoms with E-state index in [2.05, 4.69) is 53.3 Å². The minimum Gasteiger partial charge on any atom is -0.310 e. The second-order valence-corrected chi connectivity index (χ2v) is 6.00. The van der Waals surface area contributed by atoms with E-state index >= 15 is 0 Å². The summed E-state index contributed by atoms with van der Waals surface area (Å²) in [6.07, 6.45) is 5.56. The number of halogens is 1. The first kappa shape index (κ1) is 13.1. The van der Waals surface area contributed by atoms with Crippen LogP contribution in [0.1, 0.15) is 49.8 Å². The van der Waals surface area contributed by atoms with E-state index in [-0.39, 0.29) is 0 Å². The van der Waals surface area contributed by atoms with Crippen molar-refractivity contribution in [2.75, 3.05) is 6.54 Å². The predicted molar refractivity (Wildman–Crippen MR) is 77.3 cm³/mol. The van der Waals surface area contributed by atoms with Crippen molar-refractivity contribution >= 4 is 15.9 Å². The molecule has 1 N–H and O–H groups in total. The van der Waals surface area contributed by atoms with Gasteiger partial charge in [-0.15, -0.1) is 0 Å². The summed E-state index contributed by atoms with van der Waals surface area (Å²) in [5.74, 6) is 0.822. The molecule has 0 aromatic heterocycles. The molecule has 1 atom stereocenters. The molecule has 1 unspecified atom stereocenters. The third-order valence-corrected chi connectivity index (χ3v) is 4.36. The van der Waals surface area contributed by atoms with Crippen LogP contribution in [0.4, 0.5) is 0 Å². The Bertz CT molecular complexity index is 369. The Labute approximate surface area is 113 Å². The lowest BCUT2D eigenvalue weighted by Crippen LogP contribution is -2.27. The van der Waals surface area contributed by atoms with E-state index in [1.54, 1.807) is 0 Å². The van der Waals surface area contributed by atoms with Crippen molar-refractivity contribution in [2.24, 2.45) is 5.92 Å². The van der Waals surface area contributed by atoms with Crippen LogP contribution < -0.4 is 5.32 Å². The van der Waals surface area contributed by atoms with E-state index in [0.29, 0.717) is 6.04 Å². The average Bonchev–Trinajstić information content (AvgIpc) is 2.83. The first-order valence-electron chi connectivity index (χ1n) is 6.71. The molecule has 1 saturated carbocycles. The Morgan fingerprint density at radius 1 is 1.35 bits per heavy atom. The van der Waals surface area contributed by atoms with E-state index < -0.39 is 0 Å². The van der Waals surface area contributed by atoms with Gasteiger partial charge < -0.3 is 5.32 Å². The highest BCUT2D eigenvalue weighted by atomic mass is 79.9. The van der Waals surface area contributed by atoms with Crippen LogP contribution in [-0.2, 0) is 0 Å². The molecule has 94 valence electrons. The van der Waals surface area contributed by atoms with Gasteiger partial charge in [-0.1, -0.05) is 41.8 Å². The van der Waals surface area contributed by atoms with Crippen LogP contribution >= 0.6 is 15.9 Å². The zero-order valence-corrected chi connectivity index (χ0v) is 12.4. The van der Waals surface area contributed by atoms with Gasteiger partial charge in [-0.25, -0.2) is 0 Å². The van der Waals surface area contributed by atoms with Gasteiger partial charge in [-0.05, 0) is 55.5 Å². The zero-order valence-electron chi connectivity index (χ0n) is 10.8. The van der Waals surface area contributed by atoms with E-state index in [4.69, 9.17) is 0 Å². The van der Waals surface area contributed by atoms with Crippen molar-refractivity contribution in [1.82, 2.24) is 5.32 Å². The van der Waals surface area contributed by atoms with Crippen LogP contribution in [0.15, 0.2) is 22.7 Å². The lowest BCUT2D eigenvalue weighted by molar-refractivity contribution is 0.373. The fourth-order valence-electron chi connectivity index (χ4n) is 2.99. The molecule has 1 aliphatic carbocycles. The van der Waals surface area contributed by atoms with Gasteiger partial charge in [-0.2, -0.15) is 0 Å². The van der Waals surface area contributed by atoms with Crippen molar-refractivity contribution < 1.29 is 0 Å². The highest BCUT2D eigenvalue weighted by Gasteiger charge is 2.26. The van der Waals surface area contributed by atoms with Gasteiger partial charge >= 0.3 is 0 Å². The van der Waals surface area contributed by atoms with Crippen LogP contribution in [0.25, 0.3) is 0 Å². The van der Waals surface area contributed by atoms with E-state index in [1.807, 2.05) is 0 Å². The third-order valence-electron chi connectivity index (χ3n) is 3.87. The standard InChI is InChI=1S/C15H22BrN/c1-3-17-15(12-6-4-5-7-12)14-10-13(16)9-8-11(14)2/h8-10,12,15,17H,3-7H2,1-2H3. The molecule has 0 saturated heterocycles. The van der Waals surface area contributed by atoms with Crippen molar-refractivity contribution in [3.05, 3.63) is 33.8 Å². The molecule has 0 spiro atoms. The van der Waals surface area contributed by atoms with Gasteiger partial charge in [0.05, 0.1) is 0 Å². The maximum absolute atomic E-state index is 3.69. The molecule has 1 aliphatic rings. The van der Waals surface area contributed by atoms with Crippen molar-refractivity contribution in [1.29, 1.82) is 0 Å². The summed E-state index contributed by atoms with van der Waals surface area (Å²) in [4.78, 5) is 0. The van der Waals surface area contributed by atoms with E-state index in [9.17, 15) is 0 Å². The Morgan fingerprint density at radius 2 is 2.06 bits per heavy atom. The number of nitrogens with one attached hydrogen (secondary N) is 1. The number of aryl methyl sites for hydroxylation is 1. The quantitative estimate of drug-likeness (QED) is 0.856. The number of hydrogen-bond acceptors (Lipinski definition) is 1. The predicted octanol–water partition coefficient (Wildman–Crippen LogP) is 4.60. The second kappa shape index (κ2) is 6.01. The van der Waals surface area contributed by atoms with Crippen LogP contribution in [-0.4, -0.2) is 6.54 Å². The molecule has 1 aromatic rings. The van der Waals surface area contributed by atoms with Gasteiger partial charge in [0, 0.05) is 10.5 Å². The fraction of sp³-hybridized carbons (Fsp3) is 0.600. The molecule has 0 bridgehead atoms. The van der Waals surface area contributed by atoms with Crippen LogP contribution in [0.5, 0.6) is 0 Å². The fourth-order valence-corrected chi connectivity index (χ4v) is 3.37. The van der Waals surface area contributed by atoms with Gasteiger partial charge in [0.1, 0.15) is 0 Å². The van der Waals surface area contributed by atoms with E-state index in [0.717, 1.165) is 12.5 Å². The second-order valence-electron chi connectivity index (χ2n) is 5.08. The third kappa shape index (κ3) is 3.11. The number of rotatable bonds is 4. The minimum atomic E-state index is 0.542. The van der Waals surface area contributed by atoms with Crippen molar-refractivity contribution in [3.8, 4) is 0 Å². The molecule has 0 heterocycles. The Balaban J connectivity index is 2.27. The molecule has 0 aliphatic heterocycles. The monoisotopic (exact) mass is 295 g/mol. The Kier molecular flexibility index (Phi) is 4.63. The van der Waals surface area contributed by atoms with E-state index in [1.165, 1.54) is 41.3 Å². The first-order valence-corrected chi connectivity index (χ1v) is 7.51. The van der Waals surface area contributed by atoms with Crippen molar-refractivity contribution in [3.63, 3.8) is 0 Å². The molecule has 17 heavy (non-hydrogen) atoms. The summed E-state index contributed by atoms with van der Waals surface area (Å²) in [5, 5.41) is 3.69. The molecule has 0 radical (unpaired) electrons. The molecule has 0 amide bonds. The molecule has 1 fully saturated rings. The molecule has 2 heteroatoms. The van der Waals surface area contributed by atoms with Gasteiger partial charge in [-0.3, -0.25) is 0 Å². The maximum Gasteiger partial charge on any atom is 0.0351 e. The summed E-state index contributed by atoms with van der Waals surface area (Å²) in [5.41, 5.74) is 2.89. The zero-order chi connectivity index (χ0) is 12.3. The summed E-state index contributed by atoms with van der Waals surface area (Å²) in [6, 6.07) is 7.19. The normalized spacial score (nSPS) is 18.5.